The van der Waals surface area contributed by atoms with Crippen LogP contribution in [0.15, 0.2) is 72.3 Å². The Morgan fingerprint density at radius 1 is 1.00 bits per heavy atom. The van der Waals surface area contributed by atoms with Crippen LogP contribution in [0, 0.1) is 6.92 Å². The summed E-state index contributed by atoms with van der Waals surface area (Å²) in [6.07, 6.45) is 0. The van der Waals surface area contributed by atoms with Crippen LogP contribution in [-0.4, -0.2) is 23.4 Å². The summed E-state index contributed by atoms with van der Waals surface area (Å²) in [7, 11) is 0. The van der Waals surface area contributed by atoms with Gasteiger partial charge >= 0.3 is 0 Å². The lowest BCUT2D eigenvalue weighted by Crippen LogP contribution is -2.29. The van der Waals surface area contributed by atoms with Crippen molar-refractivity contribution in [2.75, 3.05) is 11.5 Å². The fraction of sp³-hybridized carbons (Fsp3) is 0.154. The van der Waals surface area contributed by atoms with Gasteiger partial charge in [-0.15, -0.1) is 0 Å². The Bertz CT molecular complexity index is 1280. The molecule has 33 heavy (non-hydrogen) atoms. The summed E-state index contributed by atoms with van der Waals surface area (Å²) in [4.78, 5) is 27.9. The maximum Gasteiger partial charge on any atom is 0.300 e. The van der Waals surface area contributed by atoms with E-state index in [1.165, 1.54) is 17.0 Å². The van der Waals surface area contributed by atoms with Gasteiger partial charge in [-0.2, -0.15) is 0 Å². The van der Waals surface area contributed by atoms with Crippen molar-refractivity contribution in [3.63, 3.8) is 0 Å². The Hall–Kier alpha value is -3.28. The minimum Gasteiger partial charge on any atom is -0.507 e. The molecule has 1 atom stereocenters. The summed E-state index contributed by atoms with van der Waals surface area (Å²) in [5.41, 5.74) is 2.37. The van der Waals surface area contributed by atoms with Crippen LogP contribution < -0.4 is 9.64 Å². The summed E-state index contributed by atoms with van der Waals surface area (Å²) in [5, 5.41) is 11.7. The number of Topliss-reactive ketones (excluding diaryl/α,β-unsaturated/α-hetero) is 1. The highest BCUT2D eigenvalue weighted by Gasteiger charge is 2.47. The zero-order chi connectivity index (χ0) is 23.7. The van der Waals surface area contributed by atoms with Crippen molar-refractivity contribution in [2.24, 2.45) is 0 Å². The first-order valence-electron chi connectivity index (χ1n) is 10.4. The monoisotopic (exact) mass is 481 g/mol. The van der Waals surface area contributed by atoms with Crippen molar-refractivity contribution >= 4 is 46.3 Å². The van der Waals surface area contributed by atoms with Gasteiger partial charge in [-0.25, -0.2) is 0 Å². The van der Waals surface area contributed by atoms with Crippen molar-refractivity contribution in [2.45, 2.75) is 19.9 Å². The summed E-state index contributed by atoms with van der Waals surface area (Å²) in [6.45, 7) is 4.24. The summed E-state index contributed by atoms with van der Waals surface area (Å²) in [6, 6.07) is 18.1. The molecule has 0 radical (unpaired) electrons. The molecule has 7 heteroatoms. The number of hydrogen-bond donors (Lipinski definition) is 1. The molecular weight excluding hydrogens is 461 g/mol. The average molecular weight is 482 g/mol. The Morgan fingerprint density at radius 3 is 2.45 bits per heavy atom. The van der Waals surface area contributed by atoms with Gasteiger partial charge in [0.1, 0.15) is 11.5 Å². The van der Waals surface area contributed by atoms with E-state index in [2.05, 4.69) is 0 Å². The van der Waals surface area contributed by atoms with Crippen LogP contribution in [0.1, 0.15) is 29.7 Å². The number of rotatable bonds is 5. The van der Waals surface area contributed by atoms with Gasteiger partial charge < -0.3 is 9.84 Å². The van der Waals surface area contributed by atoms with Crippen molar-refractivity contribution in [3.8, 4) is 5.75 Å². The molecule has 1 heterocycles. The number of aryl methyl sites for hydroxylation is 1. The van der Waals surface area contributed by atoms with E-state index in [9.17, 15) is 14.7 Å². The number of nitrogens with zero attached hydrogens (tertiary/aromatic N) is 1. The maximum atomic E-state index is 13.2. The maximum absolute atomic E-state index is 13.2. The molecule has 0 bridgehead atoms. The molecular formula is C26H21Cl2NO4. The second-order valence-electron chi connectivity index (χ2n) is 7.64. The number of carbonyl (C=O) groups is 2. The number of hydrogen-bond acceptors (Lipinski definition) is 4. The lowest BCUT2D eigenvalue weighted by molar-refractivity contribution is -0.132. The van der Waals surface area contributed by atoms with Crippen LogP contribution >= 0.6 is 23.2 Å². The number of halogens is 2. The molecule has 0 aliphatic carbocycles. The Labute approximate surface area is 201 Å². The van der Waals surface area contributed by atoms with Crippen molar-refractivity contribution in [1.29, 1.82) is 0 Å². The normalized spacial score (nSPS) is 17.5. The lowest BCUT2D eigenvalue weighted by atomic mass is 9.95. The van der Waals surface area contributed by atoms with Crippen LogP contribution in [0.5, 0.6) is 5.75 Å². The summed E-state index contributed by atoms with van der Waals surface area (Å²) in [5.74, 6) is -1.24. The molecule has 0 aromatic heterocycles. The van der Waals surface area contributed by atoms with E-state index in [1.807, 2.05) is 32.0 Å². The van der Waals surface area contributed by atoms with E-state index in [0.29, 0.717) is 28.6 Å². The molecule has 1 fully saturated rings. The zero-order valence-electron chi connectivity index (χ0n) is 18.0. The molecule has 1 aliphatic rings. The first-order chi connectivity index (χ1) is 15.8. The second-order valence-corrected chi connectivity index (χ2v) is 8.46. The van der Waals surface area contributed by atoms with Crippen LogP contribution in [-0.2, 0) is 9.59 Å². The van der Waals surface area contributed by atoms with Gasteiger partial charge in [0.2, 0.25) is 0 Å². The molecule has 3 aromatic rings. The number of anilines is 1. The van der Waals surface area contributed by atoms with Gasteiger partial charge in [-0.1, -0.05) is 47.5 Å². The predicted octanol–water partition coefficient (Wildman–Crippen LogP) is 6.33. The van der Waals surface area contributed by atoms with Gasteiger partial charge in [0.15, 0.2) is 0 Å². The SMILES string of the molecule is CCOc1cccc(C2/C(=C(/O)c3ccc(Cl)c(Cl)c3)C(=O)C(=O)N2c2cccc(C)c2)c1. The molecule has 0 saturated carbocycles. The molecule has 0 spiro atoms. The number of carbonyl (C=O) groups excluding carboxylic acids is 2. The minimum atomic E-state index is -0.860. The second kappa shape index (κ2) is 9.30. The molecule has 168 valence electrons. The third-order valence-corrected chi connectivity index (χ3v) is 6.14. The number of ketones is 1. The Balaban J connectivity index is 1.96. The predicted molar refractivity (Wildman–Crippen MR) is 130 cm³/mol. The third-order valence-electron chi connectivity index (χ3n) is 5.40. The smallest absolute Gasteiger partial charge is 0.300 e. The first-order valence-corrected chi connectivity index (χ1v) is 11.1. The van der Waals surface area contributed by atoms with Crippen molar-refractivity contribution in [1.82, 2.24) is 0 Å². The molecule has 4 rings (SSSR count). The van der Waals surface area contributed by atoms with Crippen LogP contribution in [0.3, 0.4) is 0 Å². The fourth-order valence-corrected chi connectivity index (χ4v) is 4.23. The van der Waals surface area contributed by atoms with Gasteiger partial charge in [-0.3, -0.25) is 14.5 Å². The van der Waals surface area contributed by atoms with Crippen LogP contribution in [0.2, 0.25) is 10.0 Å². The van der Waals surface area contributed by atoms with E-state index in [4.69, 9.17) is 27.9 Å². The van der Waals surface area contributed by atoms with Crippen LogP contribution in [0.25, 0.3) is 5.76 Å². The minimum absolute atomic E-state index is 0.0338. The Morgan fingerprint density at radius 2 is 1.76 bits per heavy atom. The number of amides is 1. The van der Waals surface area contributed by atoms with Crippen molar-refractivity contribution < 1.29 is 19.4 Å². The number of aliphatic hydroxyl groups excluding tert-OH is 1. The first kappa shape index (κ1) is 22.9. The largest absolute Gasteiger partial charge is 0.507 e. The van der Waals surface area contributed by atoms with E-state index >= 15 is 0 Å². The van der Waals surface area contributed by atoms with E-state index in [1.54, 1.807) is 36.4 Å². The molecule has 5 nitrogen and oxygen atoms in total. The molecule has 1 aliphatic heterocycles. The lowest BCUT2D eigenvalue weighted by Gasteiger charge is -2.26. The standard InChI is InChI=1S/C26H21Cl2NO4/c1-3-33-19-9-5-7-16(13-19)23-22(24(30)17-10-11-20(27)21(28)14-17)25(31)26(32)29(23)18-8-4-6-15(2)12-18/h4-14,23,30H,3H2,1-2H3/b24-22-. The highest BCUT2D eigenvalue weighted by Crippen LogP contribution is 2.43. The quantitative estimate of drug-likeness (QED) is 0.262. The molecule has 1 N–H and O–H groups in total. The highest BCUT2D eigenvalue weighted by molar-refractivity contribution is 6.51. The van der Waals surface area contributed by atoms with Crippen LogP contribution in [0.4, 0.5) is 5.69 Å². The van der Waals surface area contributed by atoms with E-state index < -0.39 is 17.7 Å². The highest BCUT2D eigenvalue weighted by atomic mass is 35.5. The van der Waals surface area contributed by atoms with Gasteiger partial charge in [0.05, 0.1) is 28.3 Å². The summed E-state index contributed by atoms with van der Waals surface area (Å²) >= 11 is 12.1. The topological polar surface area (TPSA) is 66.8 Å². The number of ether oxygens (including phenoxy) is 1. The van der Waals surface area contributed by atoms with E-state index in [0.717, 1.165) is 5.56 Å². The molecule has 1 amide bonds. The molecule has 1 saturated heterocycles. The summed E-state index contributed by atoms with van der Waals surface area (Å²) < 4.78 is 5.63. The number of aliphatic hydroxyl groups is 1. The average Bonchev–Trinajstić information content (AvgIpc) is 3.06. The van der Waals surface area contributed by atoms with Gasteiger partial charge in [0, 0.05) is 11.3 Å². The molecule has 3 aromatic carbocycles. The third kappa shape index (κ3) is 4.34. The molecule has 1 unspecified atom stereocenters. The van der Waals surface area contributed by atoms with E-state index in [-0.39, 0.29) is 21.9 Å². The zero-order valence-corrected chi connectivity index (χ0v) is 19.5. The fourth-order valence-electron chi connectivity index (χ4n) is 3.93. The number of benzene rings is 3. The van der Waals surface area contributed by atoms with Gasteiger partial charge in [-0.05, 0) is 67.4 Å². The Kier molecular flexibility index (Phi) is 6.45. The van der Waals surface area contributed by atoms with Crippen molar-refractivity contribution in [3.05, 3.63) is 99.0 Å². The van der Waals surface area contributed by atoms with Gasteiger partial charge in [0.25, 0.3) is 11.7 Å².